The number of nitrogens with zero attached hydrogens (tertiary/aromatic N) is 5. The molecule has 3 heterocycles. The summed E-state index contributed by atoms with van der Waals surface area (Å²) >= 11 is 0. The molecule has 0 unspecified atom stereocenters. The molecule has 3 aromatic heterocycles. The van der Waals surface area contributed by atoms with Crippen LogP contribution in [0.4, 0.5) is 0 Å². The van der Waals surface area contributed by atoms with Gasteiger partial charge in [-0.2, -0.15) is 0 Å². The molecule has 8 rings (SSSR count). The van der Waals surface area contributed by atoms with Crippen LogP contribution >= 0.6 is 0 Å². The molecular formula is C45H33N5. The van der Waals surface area contributed by atoms with Crippen molar-refractivity contribution in [1.82, 2.24) is 24.9 Å². The summed E-state index contributed by atoms with van der Waals surface area (Å²) in [5, 5.41) is 0. The molecule has 0 N–H and O–H groups in total. The number of aryl methyl sites for hydroxylation is 2. The van der Waals surface area contributed by atoms with Gasteiger partial charge in [0.05, 0.1) is 11.4 Å². The summed E-state index contributed by atoms with van der Waals surface area (Å²) in [5.41, 5.74) is 13.0. The van der Waals surface area contributed by atoms with Crippen molar-refractivity contribution in [3.8, 4) is 78.9 Å². The Balaban J connectivity index is 1.39. The van der Waals surface area contributed by atoms with Gasteiger partial charge in [-0.15, -0.1) is 0 Å². The van der Waals surface area contributed by atoms with Crippen molar-refractivity contribution < 1.29 is 0 Å². The molecule has 0 spiro atoms. The second-order valence-electron chi connectivity index (χ2n) is 12.4. The predicted octanol–water partition coefficient (Wildman–Crippen LogP) is 10.9. The summed E-state index contributed by atoms with van der Waals surface area (Å²) in [5.74, 6) is 1.83. The van der Waals surface area contributed by atoms with Crippen molar-refractivity contribution in [2.75, 3.05) is 0 Å². The Morgan fingerprint density at radius 2 is 0.700 bits per heavy atom. The maximum Gasteiger partial charge on any atom is 0.164 e. The largest absolute Gasteiger partial charge is 0.256 e. The van der Waals surface area contributed by atoms with E-state index in [-0.39, 0.29) is 0 Å². The van der Waals surface area contributed by atoms with Crippen LogP contribution in [0.2, 0.25) is 0 Å². The summed E-state index contributed by atoms with van der Waals surface area (Å²) in [6, 6.07) is 52.0. The van der Waals surface area contributed by atoms with E-state index in [9.17, 15) is 0 Å². The molecule has 238 valence electrons. The molecule has 5 heteroatoms. The minimum absolute atomic E-state index is 0.588. The van der Waals surface area contributed by atoms with E-state index in [1.807, 2.05) is 60.9 Å². The lowest BCUT2D eigenvalue weighted by Gasteiger charge is -2.15. The zero-order chi connectivity index (χ0) is 33.9. The molecule has 8 aromatic rings. The monoisotopic (exact) mass is 643 g/mol. The number of aromatic nitrogens is 5. The molecule has 5 aromatic carbocycles. The van der Waals surface area contributed by atoms with Gasteiger partial charge < -0.3 is 0 Å². The average Bonchev–Trinajstić information content (AvgIpc) is 3.19. The Labute approximate surface area is 292 Å². The van der Waals surface area contributed by atoms with Gasteiger partial charge in [0.15, 0.2) is 17.5 Å². The van der Waals surface area contributed by atoms with Crippen LogP contribution < -0.4 is 0 Å². The molecule has 0 radical (unpaired) electrons. The van der Waals surface area contributed by atoms with E-state index in [1.54, 1.807) is 0 Å². The van der Waals surface area contributed by atoms with Gasteiger partial charge in [0, 0.05) is 51.3 Å². The first-order valence-corrected chi connectivity index (χ1v) is 16.7. The van der Waals surface area contributed by atoms with E-state index in [2.05, 4.69) is 117 Å². The zero-order valence-corrected chi connectivity index (χ0v) is 27.8. The van der Waals surface area contributed by atoms with Gasteiger partial charge in [-0.05, 0) is 55.3 Å². The molecule has 0 saturated carbocycles. The number of rotatable bonds is 7. The van der Waals surface area contributed by atoms with E-state index in [0.29, 0.717) is 17.5 Å². The molecule has 5 nitrogen and oxygen atoms in total. The summed E-state index contributed by atoms with van der Waals surface area (Å²) in [4.78, 5) is 25.0. The fraction of sp³-hybridized carbons (Fsp3) is 0.0444. The summed E-state index contributed by atoms with van der Waals surface area (Å²) in [6.45, 7) is 4.16. The van der Waals surface area contributed by atoms with Crippen LogP contribution in [0.3, 0.4) is 0 Å². The average molecular weight is 644 g/mol. The van der Waals surface area contributed by atoms with Crippen LogP contribution in [0.15, 0.2) is 164 Å². The van der Waals surface area contributed by atoms with Gasteiger partial charge in [-0.1, -0.05) is 132 Å². The van der Waals surface area contributed by atoms with Gasteiger partial charge in [0.25, 0.3) is 0 Å². The Kier molecular flexibility index (Phi) is 8.29. The third kappa shape index (κ3) is 6.32. The number of hydrogen-bond acceptors (Lipinski definition) is 5. The fourth-order valence-electron chi connectivity index (χ4n) is 6.16. The number of pyridine rings is 2. The highest BCUT2D eigenvalue weighted by Gasteiger charge is 2.18. The summed E-state index contributed by atoms with van der Waals surface area (Å²) < 4.78 is 0. The maximum absolute atomic E-state index is 5.12. The highest BCUT2D eigenvalue weighted by molar-refractivity contribution is 5.89. The normalized spacial score (nSPS) is 11.0. The van der Waals surface area contributed by atoms with Crippen molar-refractivity contribution in [2.45, 2.75) is 13.8 Å². The highest BCUT2D eigenvalue weighted by atomic mass is 15.0. The van der Waals surface area contributed by atoms with Gasteiger partial charge in [-0.3, -0.25) is 9.97 Å². The van der Waals surface area contributed by atoms with E-state index >= 15 is 0 Å². The molecule has 0 aliphatic carbocycles. The van der Waals surface area contributed by atoms with Crippen LogP contribution in [0.25, 0.3) is 78.9 Å². The first-order valence-electron chi connectivity index (χ1n) is 16.7. The first kappa shape index (κ1) is 30.7. The maximum atomic E-state index is 5.12. The van der Waals surface area contributed by atoms with Gasteiger partial charge in [0.1, 0.15) is 0 Å². The van der Waals surface area contributed by atoms with Gasteiger partial charge in [-0.25, -0.2) is 15.0 Å². The summed E-state index contributed by atoms with van der Waals surface area (Å²) in [6.07, 6.45) is 3.69. The summed E-state index contributed by atoms with van der Waals surface area (Å²) in [7, 11) is 0. The molecule has 0 fully saturated rings. The Hall–Kier alpha value is -6.59. The standard InChI is InChI=1S/C45H33N5/c1-30-17-21-34(22-18-30)43-48-44(35-23-19-31(2)20-24-35)50-45(49-43)38-28-36(39-15-9-25-46-41(39)32-11-5-3-6-12-32)27-37(29-38)40-16-10-26-47-42(40)33-13-7-4-8-14-33/h3-29H,1-2H3. The molecule has 0 atom stereocenters. The van der Waals surface area contributed by atoms with E-state index < -0.39 is 0 Å². The van der Waals surface area contributed by atoms with Crippen molar-refractivity contribution >= 4 is 0 Å². The SMILES string of the molecule is Cc1ccc(-c2nc(-c3ccc(C)cc3)nc(-c3cc(-c4cccnc4-c4ccccc4)cc(-c4cccnc4-c4ccccc4)c3)n2)cc1. The zero-order valence-electron chi connectivity index (χ0n) is 27.8. The Morgan fingerprint density at radius 1 is 0.320 bits per heavy atom. The Morgan fingerprint density at radius 3 is 1.12 bits per heavy atom. The molecule has 0 amide bonds. The van der Waals surface area contributed by atoms with Gasteiger partial charge in [0.2, 0.25) is 0 Å². The smallest absolute Gasteiger partial charge is 0.164 e. The van der Waals surface area contributed by atoms with Crippen molar-refractivity contribution in [3.63, 3.8) is 0 Å². The lowest BCUT2D eigenvalue weighted by atomic mass is 9.92. The van der Waals surface area contributed by atoms with Crippen LogP contribution in [0.1, 0.15) is 11.1 Å². The third-order valence-electron chi connectivity index (χ3n) is 8.78. The number of hydrogen-bond donors (Lipinski definition) is 0. The second kappa shape index (κ2) is 13.5. The molecule has 0 aliphatic rings. The number of benzene rings is 5. The Bertz CT molecular complexity index is 2260. The molecule has 50 heavy (non-hydrogen) atoms. The molecule has 0 bridgehead atoms. The molecule has 0 saturated heterocycles. The highest BCUT2D eigenvalue weighted by Crippen LogP contribution is 2.39. The molecular weight excluding hydrogens is 611 g/mol. The molecule has 0 aliphatic heterocycles. The fourth-order valence-corrected chi connectivity index (χ4v) is 6.16. The predicted molar refractivity (Wildman–Crippen MR) is 203 cm³/mol. The van der Waals surface area contributed by atoms with Crippen molar-refractivity contribution in [1.29, 1.82) is 0 Å². The lowest BCUT2D eigenvalue weighted by Crippen LogP contribution is -2.01. The minimum atomic E-state index is 0.588. The van der Waals surface area contributed by atoms with Crippen LogP contribution in [0.5, 0.6) is 0 Å². The quantitative estimate of drug-likeness (QED) is 0.173. The first-order chi connectivity index (χ1) is 24.6. The second-order valence-corrected chi connectivity index (χ2v) is 12.4. The van der Waals surface area contributed by atoms with Crippen LogP contribution in [0, 0.1) is 13.8 Å². The lowest BCUT2D eigenvalue weighted by molar-refractivity contribution is 1.07. The van der Waals surface area contributed by atoms with Gasteiger partial charge >= 0.3 is 0 Å². The van der Waals surface area contributed by atoms with E-state index in [4.69, 9.17) is 24.9 Å². The topological polar surface area (TPSA) is 64.5 Å². The van der Waals surface area contributed by atoms with Crippen molar-refractivity contribution in [3.05, 3.63) is 175 Å². The van der Waals surface area contributed by atoms with Crippen molar-refractivity contribution in [2.24, 2.45) is 0 Å². The minimum Gasteiger partial charge on any atom is -0.256 e. The van der Waals surface area contributed by atoms with Crippen LogP contribution in [-0.4, -0.2) is 24.9 Å². The van der Waals surface area contributed by atoms with Crippen LogP contribution in [-0.2, 0) is 0 Å². The van der Waals surface area contributed by atoms with E-state index in [1.165, 1.54) is 11.1 Å². The third-order valence-corrected chi connectivity index (χ3v) is 8.78. The van der Waals surface area contributed by atoms with E-state index in [0.717, 1.165) is 61.5 Å².